The van der Waals surface area contributed by atoms with Gasteiger partial charge in [0, 0.05) is 30.1 Å². The van der Waals surface area contributed by atoms with Crippen molar-refractivity contribution in [3.05, 3.63) is 69.9 Å². The molecule has 1 aromatic carbocycles. The van der Waals surface area contributed by atoms with Gasteiger partial charge in [-0.05, 0) is 55.7 Å². The molecule has 31 heavy (non-hydrogen) atoms. The van der Waals surface area contributed by atoms with E-state index in [0.29, 0.717) is 24.5 Å². The minimum absolute atomic E-state index is 0.235. The average molecular weight is 447 g/mol. The Labute approximate surface area is 186 Å². The monoisotopic (exact) mass is 446 g/mol. The number of carboxylic acids is 2. The van der Waals surface area contributed by atoms with Gasteiger partial charge in [0.2, 0.25) is 0 Å². The number of aliphatic hydroxyl groups is 1. The van der Waals surface area contributed by atoms with Gasteiger partial charge in [-0.1, -0.05) is 37.3 Å². The van der Waals surface area contributed by atoms with Gasteiger partial charge in [-0.25, -0.2) is 9.59 Å². The number of aliphatic carboxylic acids is 2. The molecular formula is C24H30O6S. The highest BCUT2D eigenvalue weighted by molar-refractivity contribution is 7.14. The first-order chi connectivity index (χ1) is 14.8. The number of Topliss-reactive ketones (excluding diaryl/α,β-unsaturated/α-hetero) is 1. The summed E-state index contributed by atoms with van der Waals surface area (Å²) >= 11 is 1.62. The maximum atomic E-state index is 12.2. The lowest BCUT2D eigenvalue weighted by molar-refractivity contribution is -0.134. The first-order valence-corrected chi connectivity index (χ1v) is 11.0. The molecule has 0 saturated carbocycles. The SMILES string of the molecule is CC(CO)CCc1ccc(C(=O)CCCCc2ccccc2)s1.O=C(O)C=CC(=O)O. The van der Waals surface area contributed by atoms with E-state index >= 15 is 0 Å². The number of hydrogen-bond donors (Lipinski definition) is 3. The predicted octanol–water partition coefficient (Wildman–Crippen LogP) is 4.62. The van der Waals surface area contributed by atoms with Gasteiger partial charge in [0.25, 0.3) is 0 Å². The van der Waals surface area contributed by atoms with E-state index in [4.69, 9.17) is 15.3 Å². The summed E-state index contributed by atoms with van der Waals surface area (Å²) in [5.41, 5.74) is 1.34. The Balaban J connectivity index is 0.000000512. The molecule has 0 aliphatic carbocycles. The van der Waals surface area contributed by atoms with Crippen molar-refractivity contribution >= 4 is 29.1 Å². The van der Waals surface area contributed by atoms with Crippen LogP contribution in [0.5, 0.6) is 0 Å². The van der Waals surface area contributed by atoms with E-state index in [1.165, 1.54) is 10.4 Å². The van der Waals surface area contributed by atoms with Crippen LogP contribution in [0.4, 0.5) is 0 Å². The summed E-state index contributed by atoms with van der Waals surface area (Å²) in [5.74, 6) is -1.92. The van der Waals surface area contributed by atoms with Crippen LogP contribution in [0.25, 0.3) is 0 Å². The van der Waals surface area contributed by atoms with E-state index in [-0.39, 0.29) is 12.4 Å². The highest BCUT2D eigenvalue weighted by atomic mass is 32.1. The summed E-state index contributed by atoms with van der Waals surface area (Å²) in [6.45, 7) is 2.28. The fraction of sp³-hybridized carbons (Fsp3) is 0.375. The molecule has 6 nitrogen and oxygen atoms in total. The van der Waals surface area contributed by atoms with Crippen LogP contribution in [0.2, 0.25) is 0 Å². The summed E-state index contributed by atoms with van der Waals surface area (Å²) < 4.78 is 0. The number of ketones is 1. The highest BCUT2D eigenvalue weighted by Gasteiger charge is 2.10. The molecular weight excluding hydrogens is 416 g/mol. The molecule has 1 heterocycles. The molecule has 0 amide bonds. The van der Waals surface area contributed by atoms with Crippen molar-refractivity contribution in [2.45, 2.75) is 45.4 Å². The lowest BCUT2D eigenvalue weighted by Crippen LogP contribution is -2.01. The lowest BCUT2D eigenvalue weighted by atomic mass is 10.1. The quantitative estimate of drug-likeness (QED) is 0.249. The molecule has 0 aliphatic rings. The summed E-state index contributed by atoms with van der Waals surface area (Å²) in [5, 5.41) is 24.7. The second-order valence-corrected chi connectivity index (χ2v) is 8.39. The third-order valence-corrected chi connectivity index (χ3v) is 5.65. The average Bonchev–Trinajstić information content (AvgIpc) is 3.24. The Hall–Kier alpha value is -2.77. The number of carbonyl (C=O) groups excluding carboxylic acids is 1. The zero-order valence-electron chi connectivity index (χ0n) is 17.7. The molecule has 2 rings (SSSR count). The molecule has 1 atom stereocenters. The maximum Gasteiger partial charge on any atom is 0.328 e. The van der Waals surface area contributed by atoms with Gasteiger partial charge < -0.3 is 15.3 Å². The second kappa shape index (κ2) is 15.1. The number of benzene rings is 1. The molecule has 1 aromatic heterocycles. The predicted molar refractivity (Wildman–Crippen MR) is 122 cm³/mol. The van der Waals surface area contributed by atoms with Gasteiger partial charge in [0.15, 0.2) is 5.78 Å². The molecule has 0 aliphatic heterocycles. The van der Waals surface area contributed by atoms with Crippen molar-refractivity contribution in [3.8, 4) is 0 Å². The van der Waals surface area contributed by atoms with E-state index < -0.39 is 11.9 Å². The van der Waals surface area contributed by atoms with E-state index in [0.717, 1.165) is 37.0 Å². The number of carbonyl (C=O) groups is 3. The normalized spacial score (nSPS) is 11.5. The zero-order valence-corrected chi connectivity index (χ0v) is 18.5. The standard InChI is InChI=1S/C20H26O2S.C4H4O4/c1-16(15-21)11-12-18-13-14-20(23-18)19(22)10-6-5-9-17-7-3-2-4-8-17;5-3(6)1-2-4(7)8/h2-4,7-8,13-14,16,21H,5-6,9-12,15H2,1H3;1-2H,(H,5,6)(H,7,8). The molecule has 0 bridgehead atoms. The fourth-order valence-corrected chi connectivity index (χ4v) is 3.66. The fourth-order valence-electron chi connectivity index (χ4n) is 2.67. The van der Waals surface area contributed by atoms with Gasteiger partial charge in [0.1, 0.15) is 0 Å². The molecule has 1 unspecified atom stereocenters. The minimum Gasteiger partial charge on any atom is -0.478 e. The number of rotatable bonds is 12. The first-order valence-electron chi connectivity index (χ1n) is 10.2. The van der Waals surface area contributed by atoms with Crippen LogP contribution in [0.15, 0.2) is 54.6 Å². The maximum absolute atomic E-state index is 12.2. The molecule has 0 fully saturated rings. The van der Waals surface area contributed by atoms with Crippen LogP contribution in [-0.2, 0) is 22.4 Å². The number of aryl methyl sites for hydroxylation is 2. The van der Waals surface area contributed by atoms with Gasteiger partial charge >= 0.3 is 11.9 Å². The van der Waals surface area contributed by atoms with E-state index in [1.54, 1.807) is 11.3 Å². The molecule has 0 radical (unpaired) electrons. The van der Waals surface area contributed by atoms with Crippen LogP contribution < -0.4 is 0 Å². The van der Waals surface area contributed by atoms with Crippen molar-refractivity contribution in [2.24, 2.45) is 5.92 Å². The largest absolute Gasteiger partial charge is 0.478 e. The van der Waals surface area contributed by atoms with Crippen molar-refractivity contribution in [2.75, 3.05) is 6.61 Å². The second-order valence-electron chi connectivity index (χ2n) is 7.22. The van der Waals surface area contributed by atoms with E-state index in [1.807, 2.05) is 19.1 Å². The lowest BCUT2D eigenvalue weighted by Gasteiger charge is -2.05. The zero-order chi connectivity index (χ0) is 23.1. The van der Waals surface area contributed by atoms with E-state index in [9.17, 15) is 14.4 Å². The van der Waals surface area contributed by atoms with Crippen LogP contribution in [0.1, 0.15) is 52.7 Å². The smallest absolute Gasteiger partial charge is 0.328 e. The topological polar surface area (TPSA) is 112 Å². The van der Waals surface area contributed by atoms with Gasteiger partial charge in [-0.3, -0.25) is 4.79 Å². The number of aliphatic hydroxyl groups excluding tert-OH is 1. The number of unbranched alkanes of at least 4 members (excludes halogenated alkanes) is 1. The third-order valence-electron chi connectivity index (χ3n) is 4.46. The molecule has 3 N–H and O–H groups in total. The Morgan fingerprint density at radius 3 is 2.16 bits per heavy atom. The Kier molecular flexibility index (Phi) is 12.8. The highest BCUT2D eigenvalue weighted by Crippen LogP contribution is 2.22. The van der Waals surface area contributed by atoms with Crippen molar-refractivity contribution in [1.29, 1.82) is 0 Å². The summed E-state index contributed by atoms with van der Waals surface area (Å²) in [6.07, 6.45) is 6.73. The van der Waals surface area contributed by atoms with Gasteiger partial charge in [0.05, 0.1) is 4.88 Å². The summed E-state index contributed by atoms with van der Waals surface area (Å²) in [7, 11) is 0. The van der Waals surface area contributed by atoms with Crippen molar-refractivity contribution in [1.82, 2.24) is 0 Å². The van der Waals surface area contributed by atoms with Gasteiger partial charge in [-0.15, -0.1) is 11.3 Å². The minimum atomic E-state index is -1.26. The molecule has 0 saturated heterocycles. The van der Waals surface area contributed by atoms with E-state index in [2.05, 4.69) is 30.3 Å². The first kappa shape index (κ1) is 26.3. The number of hydrogen-bond acceptors (Lipinski definition) is 5. The Morgan fingerprint density at radius 1 is 0.935 bits per heavy atom. The molecule has 7 heteroatoms. The van der Waals surface area contributed by atoms with Crippen LogP contribution in [-0.4, -0.2) is 39.6 Å². The molecule has 168 valence electrons. The molecule has 2 aromatic rings. The number of thiophene rings is 1. The third kappa shape index (κ3) is 12.5. The summed E-state index contributed by atoms with van der Waals surface area (Å²) in [4.78, 5) is 33.5. The Morgan fingerprint density at radius 2 is 1.58 bits per heavy atom. The van der Waals surface area contributed by atoms with Crippen molar-refractivity contribution in [3.63, 3.8) is 0 Å². The molecule has 0 spiro atoms. The van der Waals surface area contributed by atoms with Crippen LogP contribution in [0.3, 0.4) is 0 Å². The number of carboxylic acid groups (broad SMARTS) is 2. The van der Waals surface area contributed by atoms with Gasteiger partial charge in [-0.2, -0.15) is 0 Å². The summed E-state index contributed by atoms with van der Waals surface area (Å²) in [6, 6.07) is 14.5. The van der Waals surface area contributed by atoms with Crippen molar-refractivity contribution < 1.29 is 29.7 Å². The van der Waals surface area contributed by atoms with Crippen LogP contribution in [0, 0.1) is 5.92 Å². The van der Waals surface area contributed by atoms with Crippen LogP contribution >= 0.6 is 11.3 Å². The Bertz CT molecular complexity index is 825.